The molecule has 16 heavy (non-hydrogen) atoms. The zero-order chi connectivity index (χ0) is 12.1. The largest absolute Gasteiger partial charge is 0.390 e. The van der Waals surface area contributed by atoms with E-state index in [-0.39, 0.29) is 11.5 Å². The number of carbonyl (C=O) groups is 3. The maximum Gasteiger partial charge on any atom is 0.347 e. The monoisotopic (exact) mass is 221 g/mol. The van der Waals surface area contributed by atoms with Crippen LogP contribution in [0.3, 0.4) is 0 Å². The summed E-state index contributed by atoms with van der Waals surface area (Å²) in [6.07, 6.45) is 0. The minimum absolute atomic E-state index is 0.146. The molecular formula is C11H11NO4. The Kier molecular flexibility index (Phi) is 3.77. The van der Waals surface area contributed by atoms with Gasteiger partial charge in [-0.3, -0.25) is 9.59 Å². The average molecular weight is 221 g/mol. The van der Waals surface area contributed by atoms with Crippen LogP contribution >= 0.6 is 0 Å². The highest BCUT2D eigenvalue weighted by atomic mass is 16.6. The Morgan fingerprint density at radius 2 is 1.75 bits per heavy atom. The molecule has 0 bridgehead atoms. The summed E-state index contributed by atoms with van der Waals surface area (Å²) in [7, 11) is 0. The van der Waals surface area contributed by atoms with Crippen molar-refractivity contribution in [3.05, 3.63) is 29.8 Å². The first-order valence-corrected chi connectivity index (χ1v) is 4.60. The quantitative estimate of drug-likeness (QED) is 0.604. The maximum atomic E-state index is 11.5. The lowest BCUT2D eigenvalue weighted by molar-refractivity contribution is -0.135. The summed E-state index contributed by atoms with van der Waals surface area (Å²) in [6, 6.07) is 6.30. The molecule has 0 saturated carbocycles. The van der Waals surface area contributed by atoms with Gasteiger partial charge in [0, 0.05) is 13.8 Å². The van der Waals surface area contributed by atoms with Gasteiger partial charge in [-0.25, -0.2) is 4.79 Å². The maximum absolute atomic E-state index is 11.5. The van der Waals surface area contributed by atoms with E-state index in [0.29, 0.717) is 5.69 Å². The molecular weight excluding hydrogens is 210 g/mol. The summed E-state index contributed by atoms with van der Waals surface area (Å²) in [5.74, 6) is -1.78. The van der Waals surface area contributed by atoms with Gasteiger partial charge < -0.3 is 10.1 Å². The van der Waals surface area contributed by atoms with Crippen molar-refractivity contribution in [2.75, 3.05) is 5.32 Å². The number of ether oxygens (including phenoxy) is 1. The highest BCUT2D eigenvalue weighted by Crippen LogP contribution is 2.16. The third kappa shape index (κ3) is 3.20. The predicted molar refractivity (Wildman–Crippen MR) is 56.8 cm³/mol. The highest BCUT2D eigenvalue weighted by Gasteiger charge is 2.14. The van der Waals surface area contributed by atoms with Gasteiger partial charge in [0.25, 0.3) is 0 Å². The molecule has 1 aromatic rings. The van der Waals surface area contributed by atoms with E-state index in [1.165, 1.54) is 13.0 Å². The molecule has 0 aliphatic heterocycles. The van der Waals surface area contributed by atoms with Crippen LogP contribution in [0.15, 0.2) is 24.3 Å². The number of esters is 2. The van der Waals surface area contributed by atoms with Crippen LogP contribution in [0, 0.1) is 0 Å². The van der Waals surface area contributed by atoms with Crippen molar-refractivity contribution >= 4 is 23.5 Å². The van der Waals surface area contributed by atoms with Gasteiger partial charge in [-0.2, -0.15) is 0 Å². The second-order valence-corrected chi connectivity index (χ2v) is 3.11. The van der Waals surface area contributed by atoms with E-state index in [1.54, 1.807) is 18.2 Å². The third-order valence-electron chi connectivity index (χ3n) is 1.69. The van der Waals surface area contributed by atoms with Crippen molar-refractivity contribution in [2.24, 2.45) is 0 Å². The van der Waals surface area contributed by atoms with Crippen molar-refractivity contribution in [1.29, 1.82) is 0 Å². The standard InChI is InChI=1S/C11H11NO4/c1-7(13)12-10-6-4-3-5-9(10)11(15)16-8(2)14/h3-6H,1-2H3,(H,12,13). The fraction of sp³-hybridized carbons (Fsp3) is 0.182. The number of anilines is 1. The first-order chi connectivity index (χ1) is 7.50. The SMILES string of the molecule is CC(=O)Nc1ccccc1C(=O)OC(C)=O. The second kappa shape index (κ2) is 5.06. The Bertz CT molecular complexity index is 439. The van der Waals surface area contributed by atoms with Crippen LogP contribution in [0.5, 0.6) is 0 Å². The molecule has 0 saturated heterocycles. The summed E-state index contributed by atoms with van der Waals surface area (Å²) in [4.78, 5) is 33.0. The van der Waals surface area contributed by atoms with Gasteiger partial charge in [0.15, 0.2) is 0 Å². The number of amides is 1. The first-order valence-electron chi connectivity index (χ1n) is 4.60. The Morgan fingerprint density at radius 3 is 2.31 bits per heavy atom. The van der Waals surface area contributed by atoms with Crippen LogP contribution in [0.2, 0.25) is 0 Å². The number of carbonyl (C=O) groups excluding carboxylic acids is 3. The second-order valence-electron chi connectivity index (χ2n) is 3.11. The van der Waals surface area contributed by atoms with Gasteiger partial charge in [0.2, 0.25) is 5.91 Å². The van der Waals surface area contributed by atoms with Gasteiger partial charge in [0.1, 0.15) is 0 Å². The van der Waals surface area contributed by atoms with Crippen LogP contribution in [-0.2, 0) is 14.3 Å². The average Bonchev–Trinajstić information content (AvgIpc) is 2.16. The zero-order valence-corrected chi connectivity index (χ0v) is 8.94. The molecule has 0 unspecified atom stereocenters. The number of hydrogen-bond acceptors (Lipinski definition) is 4. The first kappa shape index (κ1) is 11.9. The summed E-state index contributed by atoms with van der Waals surface area (Å²) < 4.78 is 4.43. The van der Waals surface area contributed by atoms with Gasteiger partial charge in [-0.1, -0.05) is 12.1 Å². The van der Waals surface area contributed by atoms with Crippen molar-refractivity contribution in [2.45, 2.75) is 13.8 Å². The molecule has 84 valence electrons. The van der Waals surface area contributed by atoms with Crippen LogP contribution in [0.25, 0.3) is 0 Å². The number of benzene rings is 1. The number of rotatable bonds is 2. The molecule has 1 N–H and O–H groups in total. The van der Waals surface area contributed by atoms with E-state index in [1.807, 2.05) is 0 Å². The fourth-order valence-corrected chi connectivity index (χ4v) is 1.15. The van der Waals surface area contributed by atoms with E-state index >= 15 is 0 Å². The minimum Gasteiger partial charge on any atom is -0.390 e. The van der Waals surface area contributed by atoms with Crippen LogP contribution in [-0.4, -0.2) is 17.8 Å². The predicted octanol–water partition coefficient (Wildman–Crippen LogP) is 1.35. The van der Waals surface area contributed by atoms with Crippen LogP contribution in [0.1, 0.15) is 24.2 Å². The van der Waals surface area contributed by atoms with E-state index in [9.17, 15) is 14.4 Å². The van der Waals surface area contributed by atoms with Gasteiger partial charge >= 0.3 is 11.9 Å². The zero-order valence-electron chi connectivity index (χ0n) is 8.94. The van der Waals surface area contributed by atoms with Crippen molar-refractivity contribution < 1.29 is 19.1 Å². The lowest BCUT2D eigenvalue weighted by Gasteiger charge is -2.07. The van der Waals surface area contributed by atoms with Gasteiger partial charge in [-0.15, -0.1) is 0 Å². The normalized spacial score (nSPS) is 9.38. The molecule has 0 radical (unpaired) electrons. The smallest absolute Gasteiger partial charge is 0.347 e. The topological polar surface area (TPSA) is 72.5 Å². The molecule has 1 rings (SSSR count). The fourth-order valence-electron chi connectivity index (χ4n) is 1.15. The molecule has 0 aromatic heterocycles. The van der Waals surface area contributed by atoms with Crippen LogP contribution < -0.4 is 5.32 Å². The van der Waals surface area contributed by atoms with E-state index < -0.39 is 11.9 Å². The van der Waals surface area contributed by atoms with Crippen molar-refractivity contribution in [1.82, 2.24) is 0 Å². The van der Waals surface area contributed by atoms with Gasteiger partial charge in [-0.05, 0) is 12.1 Å². The summed E-state index contributed by atoms with van der Waals surface area (Å²) in [5.41, 5.74) is 0.467. The van der Waals surface area contributed by atoms with Gasteiger partial charge in [0.05, 0.1) is 11.3 Å². The van der Waals surface area contributed by atoms with Crippen LogP contribution in [0.4, 0.5) is 5.69 Å². The molecule has 0 fully saturated rings. The Hall–Kier alpha value is -2.17. The number of nitrogens with one attached hydrogen (secondary N) is 1. The Morgan fingerprint density at radius 1 is 1.12 bits per heavy atom. The molecule has 1 aromatic carbocycles. The number of hydrogen-bond donors (Lipinski definition) is 1. The molecule has 0 atom stereocenters. The summed E-state index contributed by atoms with van der Waals surface area (Å²) in [6.45, 7) is 2.46. The minimum atomic E-state index is -0.781. The molecule has 0 aliphatic rings. The summed E-state index contributed by atoms with van der Waals surface area (Å²) >= 11 is 0. The van der Waals surface area contributed by atoms with Crippen molar-refractivity contribution in [3.63, 3.8) is 0 Å². The van der Waals surface area contributed by atoms with Crippen molar-refractivity contribution in [3.8, 4) is 0 Å². The summed E-state index contributed by atoms with van der Waals surface area (Å²) in [5, 5.41) is 2.48. The van der Waals surface area contributed by atoms with E-state index in [2.05, 4.69) is 10.1 Å². The third-order valence-corrected chi connectivity index (χ3v) is 1.69. The highest BCUT2D eigenvalue weighted by molar-refractivity contribution is 6.03. The molecule has 1 amide bonds. The Labute approximate surface area is 92.4 Å². The lowest BCUT2D eigenvalue weighted by Crippen LogP contribution is -2.14. The lowest BCUT2D eigenvalue weighted by atomic mass is 10.2. The molecule has 0 heterocycles. The molecule has 0 spiro atoms. The molecule has 5 nitrogen and oxygen atoms in total. The molecule has 0 aliphatic carbocycles. The van der Waals surface area contributed by atoms with E-state index in [0.717, 1.165) is 6.92 Å². The number of para-hydroxylation sites is 1. The Balaban J connectivity index is 2.98. The van der Waals surface area contributed by atoms with E-state index in [4.69, 9.17) is 0 Å². The molecule has 5 heteroatoms.